The molecule has 0 amide bonds. The van der Waals surface area contributed by atoms with Crippen LogP contribution in [0, 0.1) is 0 Å². The van der Waals surface area contributed by atoms with Crippen molar-refractivity contribution in [2.75, 3.05) is 65.4 Å². The molecule has 1 aliphatic carbocycles. The second kappa shape index (κ2) is 11.5. The Bertz CT molecular complexity index is 544. The van der Waals surface area contributed by atoms with E-state index >= 15 is 0 Å². The summed E-state index contributed by atoms with van der Waals surface area (Å²) in [4.78, 5) is 14.3. The van der Waals surface area contributed by atoms with Gasteiger partial charge in [-0.3, -0.25) is 0 Å². The molecule has 5 aliphatic heterocycles. The molecule has 0 unspecified atom stereocenters. The number of hydrogen-bond donors (Lipinski definition) is 0. The SMILES string of the molecule is C1CCC(N2CCC(N3CCC(N4CCC(N5CCC(N6CCCC6)CC5)CC4)CC3)CC2)C1. The quantitative estimate of drug-likeness (QED) is 0.603. The predicted octanol–water partition coefficient (Wildman–Crippen LogP) is 3.88. The molecule has 0 aromatic heterocycles. The third-order valence-corrected chi connectivity index (χ3v) is 11.0. The van der Waals surface area contributed by atoms with Gasteiger partial charge in [-0.1, -0.05) is 12.8 Å². The van der Waals surface area contributed by atoms with Crippen LogP contribution in [0.15, 0.2) is 0 Å². The van der Waals surface area contributed by atoms with E-state index in [1.165, 1.54) is 155 Å². The third kappa shape index (κ3) is 5.54. The van der Waals surface area contributed by atoms with E-state index in [1.807, 2.05) is 0 Å². The van der Waals surface area contributed by atoms with Crippen LogP contribution in [0.25, 0.3) is 0 Å². The fourth-order valence-electron chi connectivity index (χ4n) is 8.84. The number of rotatable bonds is 5. The zero-order chi connectivity index (χ0) is 22.7. The molecule has 0 bridgehead atoms. The lowest BCUT2D eigenvalue weighted by molar-refractivity contribution is 0.0197. The van der Waals surface area contributed by atoms with Crippen LogP contribution >= 0.6 is 0 Å². The highest BCUT2D eigenvalue weighted by atomic mass is 15.3. The van der Waals surface area contributed by atoms with E-state index in [1.54, 1.807) is 0 Å². The summed E-state index contributed by atoms with van der Waals surface area (Å²) in [5, 5.41) is 0. The van der Waals surface area contributed by atoms with Crippen molar-refractivity contribution in [2.24, 2.45) is 0 Å². The number of likely N-dealkylation sites (tertiary alicyclic amines) is 5. The molecule has 6 aliphatic rings. The van der Waals surface area contributed by atoms with Crippen molar-refractivity contribution < 1.29 is 0 Å². The highest BCUT2D eigenvalue weighted by molar-refractivity contribution is 4.92. The maximum Gasteiger partial charge on any atom is 0.0120 e. The second-order valence-electron chi connectivity index (χ2n) is 12.7. The van der Waals surface area contributed by atoms with Gasteiger partial charge < -0.3 is 24.5 Å². The van der Waals surface area contributed by atoms with Gasteiger partial charge in [0.25, 0.3) is 0 Å². The first-order chi connectivity index (χ1) is 16.8. The number of hydrogen-bond acceptors (Lipinski definition) is 5. The first kappa shape index (κ1) is 24.2. The van der Waals surface area contributed by atoms with Gasteiger partial charge in [0.15, 0.2) is 0 Å². The molecule has 6 fully saturated rings. The fraction of sp³-hybridized carbons (Fsp3) is 1.00. The van der Waals surface area contributed by atoms with Crippen molar-refractivity contribution in [1.82, 2.24) is 24.5 Å². The van der Waals surface area contributed by atoms with Gasteiger partial charge in [-0.05, 0) is 142 Å². The summed E-state index contributed by atoms with van der Waals surface area (Å²) in [6, 6.07) is 4.47. The maximum absolute atomic E-state index is 2.90. The minimum Gasteiger partial charge on any atom is -0.300 e. The van der Waals surface area contributed by atoms with E-state index in [0.29, 0.717) is 0 Å². The molecule has 5 heterocycles. The van der Waals surface area contributed by atoms with E-state index in [9.17, 15) is 0 Å². The standard InChI is InChI=1S/C29H53N5/c1-2-6-25(5-1)31-17-9-27(10-18-31)33-21-13-29(14-22-33)34-23-11-28(12-24-34)32-19-7-26(8-20-32)30-15-3-4-16-30/h25-29H,1-24H2. The first-order valence-corrected chi connectivity index (χ1v) is 15.5. The van der Waals surface area contributed by atoms with Gasteiger partial charge >= 0.3 is 0 Å². The lowest BCUT2D eigenvalue weighted by Gasteiger charge is -2.47. The molecule has 5 heteroatoms. The van der Waals surface area contributed by atoms with Gasteiger partial charge in [0, 0.05) is 30.2 Å². The van der Waals surface area contributed by atoms with Crippen LogP contribution in [0.2, 0.25) is 0 Å². The topological polar surface area (TPSA) is 16.2 Å². The van der Waals surface area contributed by atoms with Crippen LogP contribution in [-0.2, 0) is 0 Å². The molecule has 0 atom stereocenters. The van der Waals surface area contributed by atoms with Crippen LogP contribution in [0.1, 0.15) is 89.9 Å². The molecule has 5 saturated heterocycles. The summed E-state index contributed by atoms with van der Waals surface area (Å²) in [6.07, 6.45) is 20.2. The fourth-order valence-corrected chi connectivity index (χ4v) is 8.84. The van der Waals surface area contributed by atoms with E-state index in [2.05, 4.69) is 24.5 Å². The normalized spacial score (nSPS) is 32.8. The van der Waals surface area contributed by atoms with Crippen molar-refractivity contribution in [2.45, 2.75) is 120 Å². The van der Waals surface area contributed by atoms with Crippen LogP contribution < -0.4 is 0 Å². The number of nitrogens with zero attached hydrogens (tertiary/aromatic N) is 5. The van der Waals surface area contributed by atoms with Crippen LogP contribution in [0.3, 0.4) is 0 Å². The van der Waals surface area contributed by atoms with Crippen LogP contribution in [-0.4, -0.2) is 120 Å². The summed E-state index contributed by atoms with van der Waals surface area (Å²) in [6.45, 7) is 13.7. The van der Waals surface area contributed by atoms with E-state index in [-0.39, 0.29) is 0 Å². The predicted molar refractivity (Wildman–Crippen MR) is 141 cm³/mol. The van der Waals surface area contributed by atoms with Gasteiger partial charge in [-0.15, -0.1) is 0 Å². The van der Waals surface area contributed by atoms with Crippen LogP contribution in [0.4, 0.5) is 0 Å². The molecule has 34 heavy (non-hydrogen) atoms. The highest BCUT2D eigenvalue weighted by Gasteiger charge is 2.35. The Morgan fingerprint density at radius 1 is 0.235 bits per heavy atom. The largest absolute Gasteiger partial charge is 0.300 e. The Balaban J connectivity index is 0.885. The van der Waals surface area contributed by atoms with Crippen molar-refractivity contribution in [3.05, 3.63) is 0 Å². The van der Waals surface area contributed by atoms with E-state index in [4.69, 9.17) is 0 Å². The zero-order valence-corrected chi connectivity index (χ0v) is 22.1. The van der Waals surface area contributed by atoms with Gasteiger partial charge in [0.2, 0.25) is 0 Å². The summed E-state index contributed by atoms with van der Waals surface area (Å²) < 4.78 is 0. The second-order valence-corrected chi connectivity index (χ2v) is 12.7. The van der Waals surface area contributed by atoms with Crippen molar-refractivity contribution in [1.29, 1.82) is 0 Å². The molecular formula is C29H53N5. The smallest absolute Gasteiger partial charge is 0.0120 e. The Labute approximate surface area is 210 Å². The van der Waals surface area contributed by atoms with Gasteiger partial charge in [0.05, 0.1) is 0 Å². The molecule has 6 rings (SSSR count). The Hall–Kier alpha value is -0.200. The van der Waals surface area contributed by atoms with Crippen LogP contribution in [0.5, 0.6) is 0 Å². The van der Waals surface area contributed by atoms with Crippen molar-refractivity contribution in [3.8, 4) is 0 Å². The summed E-state index contributed by atoms with van der Waals surface area (Å²) in [5.74, 6) is 0. The van der Waals surface area contributed by atoms with Crippen molar-refractivity contribution >= 4 is 0 Å². The monoisotopic (exact) mass is 471 g/mol. The Morgan fingerprint density at radius 2 is 0.471 bits per heavy atom. The molecule has 1 saturated carbocycles. The molecule has 0 radical (unpaired) electrons. The lowest BCUT2D eigenvalue weighted by Crippen LogP contribution is -2.55. The van der Waals surface area contributed by atoms with Gasteiger partial charge in [-0.2, -0.15) is 0 Å². The van der Waals surface area contributed by atoms with E-state index < -0.39 is 0 Å². The average molecular weight is 472 g/mol. The Morgan fingerprint density at radius 3 is 0.765 bits per heavy atom. The molecular weight excluding hydrogens is 418 g/mol. The number of piperidine rings is 4. The molecule has 5 nitrogen and oxygen atoms in total. The molecule has 0 aromatic carbocycles. The molecule has 0 aromatic rings. The maximum atomic E-state index is 2.90. The molecule has 0 N–H and O–H groups in total. The highest BCUT2D eigenvalue weighted by Crippen LogP contribution is 2.31. The van der Waals surface area contributed by atoms with Gasteiger partial charge in [-0.25, -0.2) is 0 Å². The average Bonchev–Trinajstić information content (AvgIpc) is 3.65. The minimum absolute atomic E-state index is 0.872. The Kier molecular flexibility index (Phi) is 8.14. The van der Waals surface area contributed by atoms with Gasteiger partial charge in [0.1, 0.15) is 0 Å². The molecule has 194 valence electrons. The third-order valence-electron chi connectivity index (χ3n) is 11.0. The first-order valence-electron chi connectivity index (χ1n) is 15.5. The molecule has 0 spiro atoms. The minimum atomic E-state index is 0.872. The zero-order valence-electron chi connectivity index (χ0n) is 22.1. The lowest BCUT2D eigenvalue weighted by atomic mass is 9.93. The summed E-state index contributed by atoms with van der Waals surface area (Å²) >= 11 is 0. The van der Waals surface area contributed by atoms with Crippen molar-refractivity contribution in [3.63, 3.8) is 0 Å². The summed E-state index contributed by atoms with van der Waals surface area (Å²) in [7, 11) is 0. The summed E-state index contributed by atoms with van der Waals surface area (Å²) in [5.41, 5.74) is 0. The van der Waals surface area contributed by atoms with E-state index in [0.717, 1.165) is 30.2 Å².